The van der Waals surface area contributed by atoms with Crippen molar-refractivity contribution in [1.29, 1.82) is 0 Å². The van der Waals surface area contributed by atoms with Crippen LogP contribution in [-0.2, 0) is 0 Å². The van der Waals surface area contributed by atoms with Crippen molar-refractivity contribution in [1.82, 2.24) is 0 Å². The van der Waals surface area contributed by atoms with Gasteiger partial charge in [0, 0.05) is 21.5 Å². The van der Waals surface area contributed by atoms with E-state index in [0.29, 0.717) is 12.1 Å². The van der Waals surface area contributed by atoms with Gasteiger partial charge in [-0.15, -0.1) is 0 Å². The van der Waals surface area contributed by atoms with Crippen molar-refractivity contribution in [3.05, 3.63) is 124 Å². The molecule has 7 aromatic rings. The molecule has 242 valence electrons. The van der Waals surface area contributed by atoms with Crippen LogP contribution in [0, 0.1) is 69.8 Å². The SMILES string of the molecule is Fc1ccc(F)c(OB(Oc2c(F)c(F)c3c(F)c(F)c4c(F)ccc5ccc2c3c54)Oc2cccc3c(F)c(F)c(F)c(F)c23)c1F. The quantitative estimate of drug-likeness (QED) is 0.0576. The minimum Gasteiger partial charge on any atom is -0.489 e. The van der Waals surface area contributed by atoms with E-state index in [1.807, 2.05) is 0 Å². The van der Waals surface area contributed by atoms with E-state index in [-0.39, 0.29) is 5.39 Å². The van der Waals surface area contributed by atoms with Crippen LogP contribution in [0.1, 0.15) is 0 Å². The molecule has 0 aliphatic heterocycles. The summed E-state index contributed by atoms with van der Waals surface area (Å²) in [6.45, 7) is 0. The van der Waals surface area contributed by atoms with Crippen molar-refractivity contribution in [2.75, 3.05) is 0 Å². The van der Waals surface area contributed by atoms with Crippen LogP contribution in [0.5, 0.6) is 17.2 Å². The minimum absolute atomic E-state index is 0.0234. The first-order chi connectivity index (χ1) is 22.8. The third-order valence-corrected chi connectivity index (χ3v) is 7.59. The van der Waals surface area contributed by atoms with E-state index in [2.05, 4.69) is 0 Å². The van der Waals surface area contributed by atoms with E-state index in [9.17, 15) is 39.5 Å². The Balaban J connectivity index is 1.47. The van der Waals surface area contributed by atoms with Crippen LogP contribution in [0.15, 0.2) is 54.6 Å². The molecular formula is C32H9BF12O3. The molecule has 0 bridgehead atoms. The molecule has 0 aliphatic rings. The smallest absolute Gasteiger partial charge is 0.489 e. The summed E-state index contributed by atoms with van der Waals surface area (Å²) < 4.78 is 193. The summed E-state index contributed by atoms with van der Waals surface area (Å²) in [5.74, 6) is -26.9. The molecule has 7 rings (SSSR count). The summed E-state index contributed by atoms with van der Waals surface area (Å²) in [5.41, 5.74) is 0. The summed E-state index contributed by atoms with van der Waals surface area (Å²) in [7, 11) is -2.84. The predicted octanol–water partition coefficient (Wildman–Crippen LogP) is 9.93. The Morgan fingerprint density at radius 2 is 0.938 bits per heavy atom. The molecule has 0 heterocycles. The van der Waals surface area contributed by atoms with Gasteiger partial charge in [0.1, 0.15) is 11.6 Å². The maximum absolute atomic E-state index is 15.7. The van der Waals surface area contributed by atoms with Gasteiger partial charge >= 0.3 is 7.32 Å². The van der Waals surface area contributed by atoms with Crippen LogP contribution in [0.4, 0.5) is 52.7 Å². The summed E-state index contributed by atoms with van der Waals surface area (Å²) >= 11 is 0. The standard InChI is InChI=1S/C32H9BF12O3/c34-13-7-5-10-4-6-12-19-17(10)20(13)25(40)26(41)21(19)27(42)30(45)31(12)47-33(48-32-15(36)9-8-14(35)23(32)38)46-16-3-1-2-11-18(16)24(39)29(44)28(43)22(11)37/h1-9H. The monoisotopic (exact) mass is 680 g/mol. The maximum Gasteiger partial charge on any atom is 0.864 e. The zero-order valence-corrected chi connectivity index (χ0v) is 23.0. The fourth-order valence-electron chi connectivity index (χ4n) is 5.48. The lowest BCUT2D eigenvalue weighted by Crippen LogP contribution is -2.38. The van der Waals surface area contributed by atoms with Crippen LogP contribution in [0.2, 0.25) is 0 Å². The number of rotatable bonds is 6. The molecule has 0 radical (unpaired) electrons. The van der Waals surface area contributed by atoms with E-state index in [1.54, 1.807) is 0 Å². The number of halogens is 12. The van der Waals surface area contributed by atoms with Gasteiger partial charge in [-0.05, 0) is 35.7 Å². The van der Waals surface area contributed by atoms with Gasteiger partial charge in [-0.3, -0.25) is 0 Å². The molecule has 48 heavy (non-hydrogen) atoms. The zero-order chi connectivity index (χ0) is 34.3. The van der Waals surface area contributed by atoms with Gasteiger partial charge in [0.15, 0.2) is 69.7 Å². The molecule has 0 saturated heterocycles. The number of hydrogen-bond donors (Lipinski definition) is 0. The lowest BCUT2D eigenvalue weighted by Gasteiger charge is -2.21. The van der Waals surface area contributed by atoms with Gasteiger partial charge in [-0.1, -0.05) is 24.3 Å². The summed E-state index contributed by atoms with van der Waals surface area (Å²) in [4.78, 5) is 0. The molecule has 0 unspecified atom stereocenters. The van der Waals surface area contributed by atoms with Gasteiger partial charge in [-0.25, -0.2) is 43.9 Å². The van der Waals surface area contributed by atoms with Gasteiger partial charge in [0.25, 0.3) is 0 Å². The van der Waals surface area contributed by atoms with E-state index >= 15 is 13.2 Å². The first-order valence-electron chi connectivity index (χ1n) is 13.3. The first kappa shape index (κ1) is 31.1. The fourth-order valence-corrected chi connectivity index (χ4v) is 5.48. The van der Waals surface area contributed by atoms with Crippen LogP contribution in [-0.4, -0.2) is 7.32 Å². The van der Waals surface area contributed by atoms with Crippen molar-refractivity contribution in [2.24, 2.45) is 0 Å². The first-order valence-corrected chi connectivity index (χ1v) is 13.3. The molecule has 0 spiro atoms. The van der Waals surface area contributed by atoms with Crippen LogP contribution in [0.3, 0.4) is 0 Å². The van der Waals surface area contributed by atoms with Gasteiger partial charge in [-0.2, -0.15) is 8.78 Å². The van der Waals surface area contributed by atoms with E-state index in [4.69, 9.17) is 14.0 Å². The Labute approximate surface area is 259 Å². The molecule has 0 saturated carbocycles. The van der Waals surface area contributed by atoms with Crippen molar-refractivity contribution in [3.63, 3.8) is 0 Å². The van der Waals surface area contributed by atoms with E-state index < -0.39 is 132 Å². The Morgan fingerprint density at radius 3 is 1.69 bits per heavy atom. The summed E-state index contributed by atoms with van der Waals surface area (Å²) in [6.07, 6.45) is 0. The second kappa shape index (κ2) is 11.0. The molecule has 0 amide bonds. The fraction of sp³-hybridized carbons (Fsp3) is 0. The van der Waals surface area contributed by atoms with Gasteiger partial charge < -0.3 is 14.0 Å². The van der Waals surface area contributed by atoms with E-state index in [0.717, 1.165) is 42.5 Å². The molecule has 16 heteroatoms. The lowest BCUT2D eigenvalue weighted by molar-refractivity contribution is 0.284. The third-order valence-electron chi connectivity index (χ3n) is 7.59. The summed E-state index contributed by atoms with van der Waals surface area (Å²) in [6, 6.07) is 7.25. The molecule has 3 nitrogen and oxygen atoms in total. The van der Waals surface area contributed by atoms with Crippen LogP contribution < -0.4 is 14.0 Å². The second-order valence-corrected chi connectivity index (χ2v) is 10.2. The molecule has 0 fully saturated rings. The Morgan fingerprint density at radius 1 is 0.354 bits per heavy atom. The molecule has 0 atom stereocenters. The van der Waals surface area contributed by atoms with Crippen molar-refractivity contribution < 1.29 is 66.6 Å². The predicted molar refractivity (Wildman–Crippen MR) is 148 cm³/mol. The highest BCUT2D eigenvalue weighted by atomic mass is 19.2. The van der Waals surface area contributed by atoms with Gasteiger partial charge in [0.05, 0.1) is 16.2 Å². The molecular weight excluding hydrogens is 671 g/mol. The second-order valence-electron chi connectivity index (χ2n) is 10.2. The average Bonchev–Trinajstić information content (AvgIpc) is 3.07. The number of hydrogen-bond acceptors (Lipinski definition) is 3. The highest BCUT2D eigenvalue weighted by Gasteiger charge is 2.38. The average molecular weight is 680 g/mol. The Kier molecular flexibility index (Phi) is 7.14. The lowest BCUT2D eigenvalue weighted by atomic mass is 9.92. The topological polar surface area (TPSA) is 27.7 Å². The number of benzene rings is 7. The summed E-state index contributed by atoms with van der Waals surface area (Å²) in [5, 5.41) is -5.94. The molecule has 0 aliphatic carbocycles. The number of fused-ring (bicyclic) bond motifs is 1. The van der Waals surface area contributed by atoms with Crippen molar-refractivity contribution in [2.45, 2.75) is 0 Å². The van der Waals surface area contributed by atoms with Crippen LogP contribution >= 0.6 is 0 Å². The Hall–Kier alpha value is -5.54. The molecule has 0 N–H and O–H groups in total. The van der Waals surface area contributed by atoms with Crippen LogP contribution in [0.25, 0.3) is 43.1 Å². The van der Waals surface area contributed by atoms with E-state index in [1.165, 1.54) is 0 Å². The third kappa shape index (κ3) is 4.42. The molecule has 0 aromatic heterocycles. The Bertz CT molecular complexity index is 2490. The normalized spacial score (nSPS) is 11.8. The highest BCUT2D eigenvalue weighted by Crippen LogP contribution is 2.45. The minimum atomic E-state index is -2.84. The van der Waals surface area contributed by atoms with Crippen molar-refractivity contribution >= 4 is 50.4 Å². The van der Waals surface area contributed by atoms with Gasteiger partial charge in [0.2, 0.25) is 5.82 Å². The maximum atomic E-state index is 15.7. The largest absolute Gasteiger partial charge is 0.864 e. The molecule has 7 aromatic carbocycles. The zero-order valence-electron chi connectivity index (χ0n) is 23.0. The highest BCUT2D eigenvalue weighted by molar-refractivity contribution is 6.40. The van der Waals surface area contributed by atoms with Crippen molar-refractivity contribution in [3.8, 4) is 17.2 Å².